The summed E-state index contributed by atoms with van der Waals surface area (Å²) in [6.07, 6.45) is 4.59. The van der Waals surface area contributed by atoms with Crippen molar-refractivity contribution in [2.75, 3.05) is 6.61 Å². The van der Waals surface area contributed by atoms with Crippen LogP contribution in [0.25, 0.3) is 0 Å². The van der Waals surface area contributed by atoms with Crippen molar-refractivity contribution in [3.8, 4) is 0 Å². The van der Waals surface area contributed by atoms with E-state index in [4.69, 9.17) is 4.74 Å². The molecule has 0 aliphatic rings. The van der Waals surface area contributed by atoms with Gasteiger partial charge in [0.2, 0.25) is 0 Å². The second-order valence-corrected chi connectivity index (χ2v) is 4.29. The summed E-state index contributed by atoms with van der Waals surface area (Å²) in [5.74, 6) is -0.204. The summed E-state index contributed by atoms with van der Waals surface area (Å²) < 4.78 is 4.98. The highest BCUT2D eigenvalue weighted by Crippen LogP contribution is 2.14. The maximum atomic E-state index is 11.6. The zero-order valence-corrected chi connectivity index (χ0v) is 11.0. The van der Waals surface area contributed by atoms with E-state index in [1.165, 1.54) is 5.56 Å². The first-order valence-electron chi connectivity index (χ1n) is 6.41. The van der Waals surface area contributed by atoms with Crippen LogP contribution in [0, 0.1) is 0 Å². The molecule has 0 radical (unpaired) electrons. The van der Waals surface area contributed by atoms with Gasteiger partial charge in [-0.1, -0.05) is 30.3 Å². The minimum absolute atomic E-state index is 0.204. The smallest absolute Gasteiger partial charge is 0.310 e. The summed E-state index contributed by atoms with van der Waals surface area (Å²) >= 11 is 0. The van der Waals surface area contributed by atoms with Crippen LogP contribution in [0.2, 0.25) is 0 Å². The minimum atomic E-state index is -0.204. The first-order valence-corrected chi connectivity index (χ1v) is 6.41. The van der Waals surface area contributed by atoms with Crippen molar-refractivity contribution in [1.29, 1.82) is 0 Å². The monoisotopic (exact) mass is 255 g/mol. The summed E-state index contributed by atoms with van der Waals surface area (Å²) in [4.78, 5) is 15.7. The summed E-state index contributed by atoms with van der Waals surface area (Å²) in [7, 11) is 0. The lowest BCUT2D eigenvalue weighted by Gasteiger charge is -2.08. The van der Waals surface area contributed by atoms with E-state index in [9.17, 15) is 4.79 Å². The van der Waals surface area contributed by atoms with Gasteiger partial charge in [0.05, 0.1) is 13.0 Å². The fraction of sp³-hybridized carbons (Fsp3) is 0.250. The Hall–Kier alpha value is -2.16. The van der Waals surface area contributed by atoms with E-state index in [-0.39, 0.29) is 12.4 Å². The van der Waals surface area contributed by atoms with Crippen LogP contribution in [0.3, 0.4) is 0 Å². The van der Waals surface area contributed by atoms with Crippen LogP contribution in [0.5, 0.6) is 0 Å². The van der Waals surface area contributed by atoms with Gasteiger partial charge in [0.1, 0.15) is 0 Å². The number of nitrogens with zero attached hydrogens (tertiary/aromatic N) is 1. The number of hydrogen-bond donors (Lipinski definition) is 0. The van der Waals surface area contributed by atoms with Crippen molar-refractivity contribution in [1.82, 2.24) is 4.98 Å². The molecule has 0 saturated heterocycles. The van der Waals surface area contributed by atoms with Crippen molar-refractivity contribution >= 4 is 5.97 Å². The molecule has 0 unspecified atom stereocenters. The molecule has 1 aromatic carbocycles. The van der Waals surface area contributed by atoms with Crippen LogP contribution < -0.4 is 0 Å². The molecule has 0 N–H and O–H groups in total. The molecule has 2 aromatic rings. The maximum Gasteiger partial charge on any atom is 0.310 e. The number of benzene rings is 1. The Morgan fingerprint density at radius 3 is 2.68 bits per heavy atom. The number of rotatable bonds is 5. The third-order valence-corrected chi connectivity index (χ3v) is 2.88. The Morgan fingerprint density at radius 1 is 1.16 bits per heavy atom. The summed E-state index contributed by atoms with van der Waals surface area (Å²) in [5.41, 5.74) is 3.28. The highest BCUT2D eigenvalue weighted by molar-refractivity contribution is 5.72. The lowest BCUT2D eigenvalue weighted by atomic mass is 10.00. The third kappa shape index (κ3) is 3.91. The van der Waals surface area contributed by atoms with Crippen LogP contribution in [-0.4, -0.2) is 17.6 Å². The first-order chi connectivity index (χ1) is 9.29. The molecule has 3 nitrogen and oxygen atoms in total. The van der Waals surface area contributed by atoms with Gasteiger partial charge in [0, 0.05) is 12.4 Å². The van der Waals surface area contributed by atoms with Crippen LogP contribution in [0.4, 0.5) is 0 Å². The van der Waals surface area contributed by atoms with Gasteiger partial charge in [-0.15, -0.1) is 0 Å². The lowest BCUT2D eigenvalue weighted by Crippen LogP contribution is -2.09. The number of esters is 1. The van der Waals surface area contributed by atoms with Gasteiger partial charge < -0.3 is 4.74 Å². The molecule has 0 bridgehead atoms. The van der Waals surface area contributed by atoms with E-state index >= 15 is 0 Å². The maximum absolute atomic E-state index is 11.6. The second kappa shape index (κ2) is 6.69. The molecule has 2 rings (SSSR count). The van der Waals surface area contributed by atoms with E-state index in [1.807, 2.05) is 31.2 Å². The Bertz CT molecular complexity index is 537. The van der Waals surface area contributed by atoms with Gasteiger partial charge in [-0.05, 0) is 36.1 Å². The van der Waals surface area contributed by atoms with Crippen LogP contribution in [-0.2, 0) is 22.4 Å². The highest BCUT2D eigenvalue weighted by atomic mass is 16.5. The normalized spacial score (nSPS) is 10.2. The largest absolute Gasteiger partial charge is 0.466 e. The molecular weight excluding hydrogens is 238 g/mol. The Labute approximate surface area is 113 Å². The van der Waals surface area contributed by atoms with Gasteiger partial charge in [-0.3, -0.25) is 9.78 Å². The van der Waals surface area contributed by atoms with E-state index in [2.05, 4.69) is 17.1 Å². The number of carbonyl (C=O) groups excluding carboxylic acids is 1. The molecule has 3 heteroatoms. The lowest BCUT2D eigenvalue weighted by molar-refractivity contribution is -0.142. The van der Waals surface area contributed by atoms with Crippen molar-refractivity contribution < 1.29 is 9.53 Å². The molecule has 0 spiro atoms. The molecular formula is C16H17NO2. The zero-order chi connectivity index (χ0) is 13.5. The third-order valence-electron chi connectivity index (χ3n) is 2.88. The van der Waals surface area contributed by atoms with Crippen LogP contribution in [0.15, 0.2) is 48.8 Å². The average Bonchev–Trinajstić information content (AvgIpc) is 2.42. The predicted octanol–water partition coefficient (Wildman–Crippen LogP) is 2.78. The van der Waals surface area contributed by atoms with Crippen molar-refractivity contribution in [3.05, 3.63) is 65.5 Å². The van der Waals surface area contributed by atoms with Crippen molar-refractivity contribution in [2.45, 2.75) is 19.8 Å². The second-order valence-electron chi connectivity index (χ2n) is 4.29. The molecule has 0 atom stereocenters. The Kier molecular flexibility index (Phi) is 4.67. The molecule has 0 fully saturated rings. The number of ether oxygens (including phenoxy) is 1. The summed E-state index contributed by atoms with van der Waals surface area (Å²) in [5, 5.41) is 0. The first kappa shape index (κ1) is 13.3. The minimum Gasteiger partial charge on any atom is -0.466 e. The summed E-state index contributed by atoms with van der Waals surface area (Å²) in [6.45, 7) is 2.22. The van der Waals surface area contributed by atoms with Crippen molar-refractivity contribution in [2.24, 2.45) is 0 Å². The fourth-order valence-electron chi connectivity index (χ4n) is 1.97. The topological polar surface area (TPSA) is 39.2 Å². The quantitative estimate of drug-likeness (QED) is 0.771. The SMILES string of the molecule is CCOC(=O)Cc1cnccc1Cc1ccccc1. The molecule has 0 aliphatic carbocycles. The van der Waals surface area contributed by atoms with Gasteiger partial charge in [-0.2, -0.15) is 0 Å². The van der Waals surface area contributed by atoms with E-state index < -0.39 is 0 Å². The predicted molar refractivity (Wildman–Crippen MR) is 73.8 cm³/mol. The molecule has 0 saturated carbocycles. The highest BCUT2D eigenvalue weighted by Gasteiger charge is 2.09. The van der Waals surface area contributed by atoms with Gasteiger partial charge in [-0.25, -0.2) is 0 Å². The molecule has 19 heavy (non-hydrogen) atoms. The van der Waals surface area contributed by atoms with E-state index in [0.717, 1.165) is 17.5 Å². The molecule has 98 valence electrons. The van der Waals surface area contributed by atoms with Gasteiger partial charge in [0.25, 0.3) is 0 Å². The molecule has 0 aliphatic heterocycles. The Morgan fingerprint density at radius 2 is 1.95 bits per heavy atom. The van der Waals surface area contributed by atoms with Crippen molar-refractivity contribution in [3.63, 3.8) is 0 Å². The van der Waals surface area contributed by atoms with E-state index in [0.29, 0.717) is 6.61 Å². The van der Waals surface area contributed by atoms with Crippen LogP contribution in [0.1, 0.15) is 23.6 Å². The fourth-order valence-corrected chi connectivity index (χ4v) is 1.97. The molecule has 0 amide bonds. The summed E-state index contributed by atoms with van der Waals surface area (Å²) in [6, 6.07) is 12.1. The zero-order valence-electron chi connectivity index (χ0n) is 11.0. The number of aromatic nitrogens is 1. The van der Waals surface area contributed by atoms with Gasteiger partial charge in [0.15, 0.2) is 0 Å². The number of carbonyl (C=O) groups is 1. The molecule has 1 aromatic heterocycles. The average molecular weight is 255 g/mol. The number of pyridine rings is 1. The molecule has 1 heterocycles. The van der Waals surface area contributed by atoms with E-state index in [1.54, 1.807) is 12.4 Å². The number of hydrogen-bond acceptors (Lipinski definition) is 3. The Balaban J connectivity index is 2.14. The standard InChI is InChI=1S/C16H17NO2/c1-2-19-16(18)11-15-12-17-9-8-14(15)10-13-6-4-3-5-7-13/h3-9,12H,2,10-11H2,1H3. The van der Waals surface area contributed by atoms with Gasteiger partial charge >= 0.3 is 5.97 Å². The van der Waals surface area contributed by atoms with Crippen LogP contribution >= 0.6 is 0 Å².